The standard InChI is InChI=1S/C19H36N4O2/c1-3-17(2)21-8-10-23(11-9-21)19(24)16-20-6-4-18(5-7-20)22-12-14-25-15-13-22/h17-18H,3-16H2,1-2H3. The molecule has 0 radical (unpaired) electrons. The lowest BCUT2D eigenvalue weighted by atomic mass is 10.0. The number of piperazine rings is 1. The topological polar surface area (TPSA) is 39.3 Å². The molecular weight excluding hydrogens is 316 g/mol. The fourth-order valence-corrected chi connectivity index (χ4v) is 4.35. The van der Waals surface area contributed by atoms with E-state index in [9.17, 15) is 4.79 Å². The number of carbonyl (C=O) groups is 1. The van der Waals surface area contributed by atoms with Crippen LogP contribution in [0, 0.1) is 0 Å². The van der Waals surface area contributed by atoms with Crippen molar-refractivity contribution in [1.82, 2.24) is 19.6 Å². The summed E-state index contributed by atoms with van der Waals surface area (Å²) in [5.74, 6) is 0.327. The van der Waals surface area contributed by atoms with Gasteiger partial charge in [-0.25, -0.2) is 0 Å². The molecule has 25 heavy (non-hydrogen) atoms. The van der Waals surface area contributed by atoms with Crippen molar-refractivity contribution in [2.45, 2.75) is 45.2 Å². The molecular formula is C19H36N4O2. The van der Waals surface area contributed by atoms with Crippen molar-refractivity contribution in [3.05, 3.63) is 0 Å². The Bertz CT molecular complexity index is 412. The Hall–Kier alpha value is -0.690. The third-order valence-corrected chi connectivity index (χ3v) is 6.36. The molecule has 0 bridgehead atoms. The van der Waals surface area contributed by atoms with E-state index in [2.05, 4.69) is 33.4 Å². The van der Waals surface area contributed by atoms with Crippen LogP contribution < -0.4 is 0 Å². The maximum atomic E-state index is 12.6. The van der Waals surface area contributed by atoms with E-state index in [1.165, 1.54) is 19.3 Å². The van der Waals surface area contributed by atoms with Gasteiger partial charge < -0.3 is 9.64 Å². The third kappa shape index (κ3) is 5.16. The van der Waals surface area contributed by atoms with Gasteiger partial charge in [0.25, 0.3) is 0 Å². The van der Waals surface area contributed by atoms with Gasteiger partial charge >= 0.3 is 0 Å². The van der Waals surface area contributed by atoms with Crippen LogP contribution in [0.5, 0.6) is 0 Å². The monoisotopic (exact) mass is 352 g/mol. The number of amides is 1. The summed E-state index contributed by atoms with van der Waals surface area (Å²) in [6.07, 6.45) is 3.57. The number of rotatable bonds is 5. The van der Waals surface area contributed by atoms with Gasteiger partial charge in [-0.05, 0) is 26.2 Å². The van der Waals surface area contributed by atoms with Crippen molar-refractivity contribution in [3.8, 4) is 0 Å². The van der Waals surface area contributed by atoms with E-state index in [4.69, 9.17) is 4.74 Å². The normalized spacial score (nSPS) is 26.7. The summed E-state index contributed by atoms with van der Waals surface area (Å²) in [5, 5.41) is 0. The highest BCUT2D eigenvalue weighted by molar-refractivity contribution is 5.78. The molecule has 6 nitrogen and oxygen atoms in total. The van der Waals surface area contributed by atoms with Gasteiger partial charge in [0.05, 0.1) is 19.8 Å². The van der Waals surface area contributed by atoms with Gasteiger partial charge in [-0.15, -0.1) is 0 Å². The second-order valence-electron chi connectivity index (χ2n) is 7.83. The number of hydrogen-bond acceptors (Lipinski definition) is 5. The van der Waals surface area contributed by atoms with E-state index in [0.29, 0.717) is 24.5 Å². The fraction of sp³-hybridized carbons (Fsp3) is 0.947. The highest BCUT2D eigenvalue weighted by Crippen LogP contribution is 2.18. The van der Waals surface area contributed by atoms with Crippen LogP contribution in [0.3, 0.4) is 0 Å². The molecule has 3 aliphatic heterocycles. The number of morpholine rings is 1. The first kappa shape index (κ1) is 19.1. The molecule has 3 rings (SSSR count). The van der Waals surface area contributed by atoms with Gasteiger partial charge in [0.2, 0.25) is 5.91 Å². The van der Waals surface area contributed by atoms with Crippen LogP contribution in [0.15, 0.2) is 0 Å². The molecule has 3 heterocycles. The van der Waals surface area contributed by atoms with Crippen molar-refractivity contribution in [1.29, 1.82) is 0 Å². The van der Waals surface area contributed by atoms with Crippen LogP contribution >= 0.6 is 0 Å². The molecule has 0 aliphatic carbocycles. The minimum Gasteiger partial charge on any atom is -0.379 e. The molecule has 0 aromatic rings. The predicted octanol–water partition coefficient (Wildman–Crippen LogP) is 0.726. The Morgan fingerprint density at radius 1 is 1.00 bits per heavy atom. The first-order valence-electron chi connectivity index (χ1n) is 10.2. The Labute approximate surface area is 153 Å². The molecule has 0 aromatic carbocycles. The van der Waals surface area contributed by atoms with Crippen LogP contribution in [0.25, 0.3) is 0 Å². The second kappa shape index (κ2) is 9.31. The summed E-state index contributed by atoms with van der Waals surface area (Å²) in [6, 6.07) is 1.32. The smallest absolute Gasteiger partial charge is 0.236 e. The van der Waals surface area contributed by atoms with Crippen molar-refractivity contribution in [2.24, 2.45) is 0 Å². The number of hydrogen-bond donors (Lipinski definition) is 0. The van der Waals surface area contributed by atoms with Crippen LogP contribution in [0.1, 0.15) is 33.1 Å². The molecule has 144 valence electrons. The zero-order valence-corrected chi connectivity index (χ0v) is 16.2. The molecule has 0 N–H and O–H groups in total. The van der Waals surface area contributed by atoms with Crippen LogP contribution in [-0.4, -0.2) is 110 Å². The fourth-order valence-electron chi connectivity index (χ4n) is 4.35. The lowest BCUT2D eigenvalue weighted by molar-refractivity contribution is -0.135. The van der Waals surface area contributed by atoms with E-state index in [0.717, 1.165) is 65.6 Å². The van der Waals surface area contributed by atoms with E-state index < -0.39 is 0 Å². The molecule has 0 spiro atoms. The van der Waals surface area contributed by atoms with Crippen LogP contribution in [0.2, 0.25) is 0 Å². The average Bonchev–Trinajstić information content (AvgIpc) is 2.68. The van der Waals surface area contributed by atoms with Crippen molar-refractivity contribution in [2.75, 3.05) is 72.1 Å². The summed E-state index contributed by atoms with van der Waals surface area (Å²) in [7, 11) is 0. The Morgan fingerprint density at radius 2 is 1.64 bits per heavy atom. The first-order chi connectivity index (χ1) is 12.2. The van der Waals surface area contributed by atoms with E-state index in [1.54, 1.807) is 0 Å². The minimum atomic E-state index is 0.327. The molecule has 6 heteroatoms. The highest BCUT2D eigenvalue weighted by atomic mass is 16.5. The Kier molecular flexibility index (Phi) is 7.10. The second-order valence-corrected chi connectivity index (χ2v) is 7.83. The summed E-state index contributed by atoms with van der Waals surface area (Å²) in [6.45, 7) is 15.0. The maximum absolute atomic E-state index is 12.6. The van der Waals surface area contributed by atoms with E-state index in [1.807, 2.05) is 0 Å². The van der Waals surface area contributed by atoms with Crippen molar-refractivity contribution < 1.29 is 9.53 Å². The number of carbonyl (C=O) groups excluding carboxylic acids is 1. The Balaban J connectivity index is 1.36. The molecule has 3 fully saturated rings. The number of nitrogens with zero attached hydrogens (tertiary/aromatic N) is 4. The predicted molar refractivity (Wildman–Crippen MR) is 99.8 cm³/mol. The first-order valence-corrected chi connectivity index (χ1v) is 10.2. The summed E-state index contributed by atoms with van der Waals surface area (Å²) in [4.78, 5) is 22.2. The van der Waals surface area contributed by atoms with Crippen molar-refractivity contribution >= 4 is 5.91 Å². The zero-order valence-electron chi connectivity index (χ0n) is 16.2. The highest BCUT2D eigenvalue weighted by Gasteiger charge is 2.28. The summed E-state index contributed by atoms with van der Waals surface area (Å²) in [5.41, 5.74) is 0. The summed E-state index contributed by atoms with van der Waals surface area (Å²) >= 11 is 0. The van der Waals surface area contributed by atoms with Gasteiger partial charge in [-0.2, -0.15) is 0 Å². The molecule has 3 aliphatic rings. The molecule has 3 saturated heterocycles. The maximum Gasteiger partial charge on any atom is 0.236 e. The van der Waals surface area contributed by atoms with Crippen LogP contribution in [0.4, 0.5) is 0 Å². The average molecular weight is 353 g/mol. The quantitative estimate of drug-likeness (QED) is 0.729. The summed E-state index contributed by atoms with van der Waals surface area (Å²) < 4.78 is 5.46. The van der Waals surface area contributed by atoms with Gasteiger partial charge in [0.15, 0.2) is 0 Å². The zero-order chi connectivity index (χ0) is 17.6. The third-order valence-electron chi connectivity index (χ3n) is 6.36. The van der Waals surface area contributed by atoms with Crippen molar-refractivity contribution in [3.63, 3.8) is 0 Å². The largest absolute Gasteiger partial charge is 0.379 e. The van der Waals surface area contributed by atoms with E-state index >= 15 is 0 Å². The molecule has 0 aromatic heterocycles. The molecule has 1 atom stereocenters. The number of ether oxygens (including phenoxy) is 1. The molecule has 0 saturated carbocycles. The lowest BCUT2D eigenvalue weighted by Crippen LogP contribution is -2.54. The minimum absolute atomic E-state index is 0.327. The Morgan fingerprint density at radius 3 is 2.24 bits per heavy atom. The SMILES string of the molecule is CCC(C)N1CCN(C(=O)CN2CCC(N3CCOCC3)CC2)CC1. The lowest BCUT2D eigenvalue weighted by Gasteiger charge is -2.41. The number of piperidine rings is 1. The van der Waals surface area contributed by atoms with Gasteiger partial charge in [-0.3, -0.25) is 19.5 Å². The van der Waals surface area contributed by atoms with E-state index in [-0.39, 0.29) is 0 Å². The number of likely N-dealkylation sites (tertiary alicyclic amines) is 1. The molecule has 1 unspecified atom stereocenters. The van der Waals surface area contributed by atoms with Gasteiger partial charge in [0.1, 0.15) is 0 Å². The molecule has 1 amide bonds. The van der Waals surface area contributed by atoms with Crippen LogP contribution in [-0.2, 0) is 9.53 Å². The van der Waals surface area contributed by atoms with Gasteiger partial charge in [0, 0.05) is 64.4 Å². The van der Waals surface area contributed by atoms with Gasteiger partial charge in [-0.1, -0.05) is 6.92 Å².